The zero-order valence-electron chi connectivity index (χ0n) is 17.9. The summed E-state index contributed by atoms with van der Waals surface area (Å²) in [6, 6.07) is 23.4. The van der Waals surface area contributed by atoms with Gasteiger partial charge in [-0.15, -0.1) is 0 Å². The monoisotopic (exact) mass is 413 g/mol. The number of nitrogens with one attached hydrogen (secondary N) is 1. The van der Waals surface area contributed by atoms with Crippen molar-refractivity contribution in [3.05, 3.63) is 101 Å². The number of aromatic carboxylic acids is 1. The van der Waals surface area contributed by atoms with E-state index in [1.807, 2.05) is 48.5 Å². The summed E-state index contributed by atoms with van der Waals surface area (Å²) in [5.74, 6) is -0.707. The molecule has 4 heteroatoms. The van der Waals surface area contributed by atoms with Crippen molar-refractivity contribution >= 4 is 17.4 Å². The Morgan fingerprint density at radius 3 is 2.39 bits per heavy atom. The average molecular weight is 414 g/mol. The molecule has 3 aromatic carbocycles. The van der Waals surface area contributed by atoms with Crippen molar-refractivity contribution < 1.29 is 14.7 Å². The lowest BCUT2D eigenvalue weighted by Gasteiger charge is -2.41. The highest BCUT2D eigenvalue weighted by Gasteiger charge is 2.36. The Morgan fingerprint density at radius 1 is 0.935 bits per heavy atom. The van der Waals surface area contributed by atoms with Crippen molar-refractivity contribution in [1.29, 1.82) is 0 Å². The zero-order valence-corrected chi connectivity index (χ0v) is 17.9. The highest BCUT2D eigenvalue weighted by atomic mass is 16.4. The summed E-state index contributed by atoms with van der Waals surface area (Å²) >= 11 is 0. The quantitative estimate of drug-likeness (QED) is 0.562. The molecule has 4 rings (SSSR count). The van der Waals surface area contributed by atoms with E-state index in [1.54, 1.807) is 12.1 Å². The molecule has 1 aliphatic heterocycles. The molecule has 2 N–H and O–H groups in total. The number of carboxylic acid groups (broad SMARTS) is 1. The summed E-state index contributed by atoms with van der Waals surface area (Å²) in [5.41, 5.74) is 5.39. The largest absolute Gasteiger partial charge is 0.478 e. The van der Waals surface area contributed by atoms with Gasteiger partial charge in [-0.05, 0) is 52.3 Å². The maximum atomic E-state index is 12.6. The van der Waals surface area contributed by atoms with Crippen LogP contribution in [0.3, 0.4) is 0 Å². The third-order valence-corrected chi connectivity index (χ3v) is 6.01. The lowest BCUT2D eigenvalue weighted by Crippen LogP contribution is -2.35. The Hall–Kier alpha value is -3.40. The number of hydrogen-bond acceptors (Lipinski definition) is 3. The molecule has 0 bridgehead atoms. The van der Waals surface area contributed by atoms with Crippen molar-refractivity contribution in [2.24, 2.45) is 5.41 Å². The molecular formula is C27H27NO3. The number of Topliss-reactive ketones (excluding diaryl/α,β-unsaturated/α-hetero) is 1. The van der Waals surface area contributed by atoms with E-state index in [4.69, 9.17) is 0 Å². The maximum Gasteiger partial charge on any atom is 0.335 e. The minimum Gasteiger partial charge on any atom is -0.478 e. The number of hydrogen-bond donors (Lipinski definition) is 2. The van der Waals surface area contributed by atoms with Crippen LogP contribution in [-0.4, -0.2) is 16.9 Å². The van der Waals surface area contributed by atoms with Gasteiger partial charge in [-0.1, -0.05) is 68.4 Å². The molecule has 31 heavy (non-hydrogen) atoms. The number of anilines is 1. The molecule has 0 fully saturated rings. The predicted molar refractivity (Wildman–Crippen MR) is 123 cm³/mol. The highest BCUT2D eigenvalue weighted by molar-refractivity contribution is 5.88. The molecule has 0 saturated heterocycles. The van der Waals surface area contributed by atoms with Crippen molar-refractivity contribution in [2.45, 2.75) is 39.2 Å². The highest BCUT2D eigenvalue weighted by Crippen LogP contribution is 2.45. The molecule has 1 atom stereocenters. The van der Waals surface area contributed by atoms with E-state index in [2.05, 4.69) is 31.3 Å². The van der Waals surface area contributed by atoms with E-state index in [-0.39, 0.29) is 17.2 Å². The predicted octanol–water partition coefficient (Wildman–Crippen LogP) is 5.47. The fourth-order valence-corrected chi connectivity index (χ4v) is 4.49. The van der Waals surface area contributed by atoms with Gasteiger partial charge in [-0.25, -0.2) is 4.79 Å². The van der Waals surface area contributed by atoms with Gasteiger partial charge in [-0.3, -0.25) is 4.79 Å². The molecule has 0 amide bonds. The minimum absolute atomic E-state index is 0.0693. The first-order valence-electron chi connectivity index (χ1n) is 10.6. The molecule has 1 unspecified atom stereocenters. The van der Waals surface area contributed by atoms with Crippen LogP contribution in [0.5, 0.6) is 0 Å². The first-order valence-corrected chi connectivity index (χ1v) is 10.6. The van der Waals surface area contributed by atoms with Crippen molar-refractivity contribution in [1.82, 2.24) is 0 Å². The van der Waals surface area contributed by atoms with Gasteiger partial charge >= 0.3 is 5.97 Å². The summed E-state index contributed by atoms with van der Waals surface area (Å²) in [5, 5.41) is 12.9. The molecule has 158 valence electrons. The molecule has 0 radical (unpaired) electrons. The molecule has 1 heterocycles. The van der Waals surface area contributed by atoms with Gasteiger partial charge in [0.15, 0.2) is 0 Å². The SMILES string of the molecule is CC1(C)Cc2cc(C(=O)O)ccc2NC1c1cccc(CC(=O)Cc2ccccc2)c1. The molecule has 1 aliphatic rings. The second-order valence-corrected chi connectivity index (χ2v) is 9.04. The van der Waals surface area contributed by atoms with Gasteiger partial charge in [0.25, 0.3) is 0 Å². The number of fused-ring (bicyclic) bond motifs is 1. The maximum absolute atomic E-state index is 12.6. The van der Waals surface area contributed by atoms with Crippen LogP contribution in [0.15, 0.2) is 72.8 Å². The van der Waals surface area contributed by atoms with E-state index < -0.39 is 5.97 Å². The number of carbonyl (C=O) groups excluding carboxylic acids is 1. The number of carboxylic acids is 1. The van der Waals surface area contributed by atoms with E-state index in [0.29, 0.717) is 18.4 Å². The van der Waals surface area contributed by atoms with Gasteiger partial charge < -0.3 is 10.4 Å². The van der Waals surface area contributed by atoms with Crippen LogP contribution in [-0.2, 0) is 24.1 Å². The van der Waals surface area contributed by atoms with Gasteiger partial charge in [0.1, 0.15) is 5.78 Å². The summed E-state index contributed by atoms with van der Waals surface area (Å²) in [4.78, 5) is 23.9. The van der Waals surface area contributed by atoms with Gasteiger partial charge in [0.05, 0.1) is 11.6 Å². The smallest absolute Gasteiger partial charge is 0.335 e. The van der Waals surface area contributed by atoms with Gasteiger partial charge in [0.2, 0.25) is 0 Å². The normalized spacial score (nSPS) is 16.8. The van der Waals surface area contributed by atoms with Gasteiger partial charge in [-0.2, -0.15) is 0 Å². The Bertz CT molecular complexity index is 1120. The third kappa shape index (κ3) is 4.69. The minimum atomic E-state index is -0.907. The lowest BCUT2D eigenvalue weighted by molar-refractivity contribution is -0.117. The fraction of sp³-hybridized carbons (Fsp3) is 0.259. The van der Waals surface area contributed by atoms with Crippen molar-refractivity contribution in [3.63, 3.8) is 0 Å². The molecular weight excluding hydrogens is 386 g/mol. The van der Waals surface area contributed by atoms with Crippen LogP contribution >= 0.6 is 0 Å². The Labute approximate surface area is 182 Å². The van der Waals surface area contributed by atoms with Crippen LogP contribution in [0.2, 0.25) is 0 Å². The molecule has 0 saturated carbocycles. The Balaban J connectivity index is 1.54. The molecule has 0 spiro atoms. The van der Waals surface area contributed by atoms with E-state index in [1.165, 1.54) is 0 Å². The van der Waals surface area contributed by atoms with Crippen LogP contribution in [0.1, 0.15) is 52.5 Å². The lowest BCUT2D eigenvalue weighted by atomic mass is 9.72. The average Bonchev–Trinajstić information content (AvgIpc) is 2.73. The van der Waals surface area contributed by atoms with E-state index in [0.717, 1.165) is 34.4 Å². The molecule has 0 aliphatic carbocycles. The second kappa shape index (κ2) is 8.38. The van der Waals surface area contributed by atoms with Crippen LogP contribution in [0.4, 0.5) is 5.69 Å². The van der Waals surface area contributed by atoms with E-state index in [9.17, 15) is 14.7 Å². The molecule has 3 aromatic rings. The summed E-state index contributed by atoms with van der Waals surface area (Å²) in [6.07, 6.45) is 1.63. The van der Waals surface area contributed by atoms with Crippen molar-refractivity contribution in [3.8, 4) is 0 Å². The Kier molecular flexibility index (Phi) is 5.64. The van der Waals surface area contributed by atoms with Crippen LogP contribution < -0.4 is 5.32 Å². The van der Waals surface area contributed by atoms with Crippen molar-refractivity contribution in [2.75, 3.05) is 5.32 Å². The number of rotatable bonds is 6. The first-order chi connectivity index (χ1) is 14.8. The second-order valence-electron chi connectivity index (χ2n) is 9.04. The standard InChI is InChI=1S/C27H27NO3/c1-27(2)17-22-16-21(26(30)31)11-12-24(22)28-25(27)20-10-6-9-19(13-20)15-23(29)14-18-7-4-3-5-8-18/h3-13,16,25,28H,14-15,17H2,1-2H3,(H,30,31). The Morgan fingerprint density at radius 2 is 1.65 bits per heavy atom. The number of carbonyl (C=O) groups is 2. The van der Waals surface area contributed by atoms with Crippen LogP contribution in [0, 0.1) is 5.41 Å². The summed E-state index contributed by atoms with van der Waals surface area (Å²) < 4.78 is 0. The summed E-state index contributed by atoms with van der Waals surface area (Å²) in [7, 11) is 0. The molecule has 4 nitrogen and oxygen atoms in total. The van der Waals surface area contributed by atoms with Crippen LogP contribution in [0.25, 0.3) is 0 Å². The number of benzene rings is 3. The fourth-order valence-electron chi connectivity index (χ4n) is 4.49. The zero-order chi connectivity index (χ0) is 22.0. The first kappa shape index (κ1) is 20.9. The number of ketones is 1. The van der Waals surface area contributed by atoms with E-state index >= 15 is 0 Å². The summed E-state index contributed by atoms with van der Waals surface area (Å²) in [6.45, 7) is 4.38. The molecule has 0 aromatic heterocycles. The van der Waals surface area contributed by atoms with Gasteiger partial charge in [0, 0.05) is 18.5 Å². The third-order valence-electron chi connectivity index (χ3n) is 6.01. The topological polar surface area (TPSA) is 66.4 Å².